The Labute approximate surface area is 158 Å². The van der Waals surface area contributed by atoms with Crippen LogP contribution in [0.1, 0.15) is 60.3 Å². The summed E-state index contributed by atoms with van der Waals surface area (Å²) in [6.07, 6.45) is 7.50. The summed E-state index contributed by atoms with van der Waals surface area (Å²) in [5, 5.41) is 0. The van der Waals surface area contributed by atoms with Crippen molar-refractivity contribution in [2.24, 2.45) is 10.8 Å². The minimum absolute atomic E-state index is 0.271. The van der Waals surface area contributed by atoms with E-state index in [0.717, 1.165) is 13.2 Å². The van der Waals surface area contributed by atoms with E-state index in [1.54, 1.807) is 0 Å². The van der Waals surface area contributed by atoms with Crippen LogP contribution in [-0.2, 0) is 19.1 Å². The van der Waals surface area contributed by atoms with Crippen LogP contribution >= 0.6 is 0 Å². The van der Waals surface area contributed by atoms with Crippen LogP contribution in [0.4, 0.5) is 0 Å². The number of carbonyl (C=O) groups is 2. The maximum atomic E-state index is 12.5. The number of esters is 2. The van der Waals surface area contributed by atoms with Gasteiger partial charge in [-0.2, -0.15) is 0 Å². The number of methoxy groups -OCH3 is 1. The van der Waals surface area contributed by atoms with Crippen molar-refractivity contribution in [3.63, 3.8) is 0 Å². The molecule has 1 unspecified atom stereocenters. The third-order valence-electron chi connectivity index (χ3n) is 5.11. The zero-order valence-electron chi connectivity index (χ0n) is 17.3. The van der Waals surface area contributed by atoms with Crippen molar-refractivity contribution in [3.05, 3.63) is 12.4 Å². The molecule has 1 rings (SSSR count). The number of unbranched alkanes of at least 4 members (excludes halogenated alkanes) is 1. The Kier molecular flexibility index (Phi) is 8.44. The van der Waals surface area contributed by atoms with Gasteiger partial charge in [0.2, 0.25) is 0 Å². The number of carbonyl (C=O) groups excluding carboxylic acids is 2. The van der Waals surface area contributed by atoms with Crippen molar-refractivity contribution < 1.29 is 19.1 Å². The van der Waals surface area contributed by atoms with E-state index in [1.165, 1.54) is 20.0 Å². The second-order valence-electron chi connectivity index (χ2n) is 8.02. The number of hydrogen-bond acceptors (Lipinski definition) is 6. The first kappa shape index (κ1) is 22.3. The maximum absolute atomic E-state index is 12.5. The average molecular weight is 369 g/mol. The summed E-state index contributed by atoms with van der Waals surface area (Å²) < 4.78 is 10.4. The molecule has 0 aliphatic carbocycles. The van der Waals surface area contributed by atoms with E-state index in [4.69, 9.17) is 9.47 Å². The summed E-state index contributed by atoms with van der Waals surface area (Å²) in [6.45, 7) is 12.5. The third-order valence-corrected chi connectivity index (χ3v) is 5.11. The zero-order valence-corrected chi connectivity index (χ0v) is 17.3. The van der Waals surface area contributed by atoms with Crippen molar-refractivity contribution in [1.82, 2.24) is 9.80 Å². The van der Waals surface area contributed by atoms with Crippen molar-refractivity contribution in [2.45, 2.75) is 60.3 Å². The van der Waals surface area contributed by atoms with E-state index in [1.807, 2.05) is 33.9 Å². The van der Waals surface area contributed by atoms with Gasteiger partial charge in [0.05, 0.1) is 31.2 Å². The minimum atomic E-state index is -0.743. The first-order valence-corrected chi connectivity index (χ1v) is 9.60. The maximum Gasteiger partial charge on any atom is 0.311 e. The van der Waals surface area contributed by atoms with Crippen LogP contribution in [0.25, 0.3) is 0 Å². The summed E-state index contributed by atoms with van der Waals surface area (Å²) in [6, 6.07) is 0. The third kappa shape index (κ3) is 6.22. The molecule has 0 saturated heterocycles. The molecule has 0 fully saturated rings. The molecule has 150 valence electrons. The molecule has 0 radical (unpaired) electrons. The van der Waals surface area contributed by atoms with Crippen molar-refractivity contribution in [2.75, 3.05) is 33.5 Å². The SMILES string of the molecule is CCCCN1C=CN(CCOC(=O)C(C)(C)CC(C)(CC)C(=O)OC)C1. The number of hydrogen-bond donors (Lipinski definition) is 0. The zero-order chi connectivity index (χ0) is 19.8. The largest absolute Gasteiger partial charge is 0.469 e. The molecule has 1 aliphatic rings. The fourth-order valence-electron chi connectivity index (χ4n) is 3.25. The van der Waals surface area contributed by atoms with Gasteiger partial charge < -0.3 is 19.3 Å². The van der Waals surface area contributed by atoms with Gasteiger partial charge in [0.15, 0.2) is 0 Å². The predicted octanol–water partition coefficient (Wildman–Crippen LogP) is 3.38. The molecule has 6 nitrogen and oxygen atoms in total. The molecule has 0 aromatic rings. The Morgan fingerprint density at radius 2 is 1.65 bits per heavy atom. The van der Waals surface area contributed by atoms with Gasteiger partial charge in [0.1, 0.15) is 6.61 Å². The summed E-state index contributed by atoms with van der Waals surface area (Å²) in [4.78, 5) is 29.0. The first-order chi connectivity index (χ1) is 12.2. The molecule has 0 saturated carbocycles. The average Bonchev–Trinajstić information content (AvgIpc) is 3.06. The molecule has 0 aromatic heterocycles. The molecular formula is C20H36N2O4. The molecule has 0 amide bonds. The second-order valence-corrected chi connectivity index (χ2v) is 8.02. The van der Waals surface area contributed by atoms with Gasteiger partial charge in [0.25, 0.3) is 0 Å². The van der Waals surface area contributed by atoms with E-state index >= 15 is 0 Å². The van der Waals surface area contributed by atoms with Gasteiger partial charge in [-0.15, -0.1) is 0 Å². The smallest absolute Gasteiger partial charge is 0.311 e. The monoisotopic (exact) mass is 368 g/mol. The van der Waals surface area contributed by atoms with Crippen molar-refractivity contribution in [3.8, 4) is 0 Å². The molecular weight excluding hydrogens is 332 g/mol. The summed E-state index contributed by atoms with van der Waals surface area (Å²) in [7, 11) is 1.38. The highest BCUT2D eigenvalue weighted by molar-refractivity contribution is 5.80. The number of rotatable bonds is 11. The lowest BCUT2D eigenvalue weighted by Crippen LogP contribution is -2.39. The van der Waals surface area contributed by atoms with Crippen LogP contribution in [0.15, 0.2) is 12.4 Å². The Morgan fingerprint density at radius 1 is 1.04 bits per heavy atom. The highest BCUT2D eigenvalue weighted by atomic mass is 16.5. The summed E-state index contributed by atoms with van der Waals surface area (Å²) in [5.41, 5.74) is -1.43. The summed E-state index contributed by atoms with van der Waals surface area (Å²) in [5.74, 6) is -0.553. The molecule has 1 heterocycles. The topological polar surface area (TPSA) is 59.1 Å². The van der Waals surface area contributed by atoms with Gasteiger partial charge in [-0.25, -0.2) is 0 Å². The molecule has 0 spiro atoms. The number of nitrogens with zero attached hydrogens (tertiary/aromatic N) is 2. The van der Waals surface area contributed by atoms with Crippen LogP contribution in [0, 0.1) is 10.8 Å². The van der Waals surface area contributed by atoms with E-state index in [-0.39, 0.29) is 11.9 Å². The molecule has 0 bridgehead atoms. The first-order valence-electron chi connectivity index (χ1n) is 9.60. The fourth-order valence-corrected chi connectivity index (χ4v) is 3.25. The molecule has 1 atom stereocenters. The van der Waals surface area contributed by atoms with Gasteiger partial charge in [-0.3, -0.25) is 9.59 Å². The highest BCUT2D eigenvalue weighted by Gasteiger charge is 2.42. The van der Waals surface area contributed by atoms with Crippen LogP contribution in [0.2, 0.25) is 0 Å². The molecule has 0 N–H and O–H groups in total. The Balaban J connectivity index is 2.44. The quantitative estimate of drug-likeness (QED) is 0.521. The lowest BCUT2D eigenvalue weighted by molar-refractivity contribution is -0.161. The standard InChI is InChI=1S/C20H36N2O4/c1-7-9-10-21-11-12-22(16-21)13-14-26-17(23)19(3,4)15-20(5,8-2)18(24)25-6/h11-12H,7-10,13-16H2,1-6H3. The van der Waals surface area contributed by atoms with E-state index in [0.29, 0.717) is 26.0 Å². The fraction of sp³-hybridized carbons (Fsp3) is 0.800. The highest BCUT2D eigenvalue weighted by Crippen LogP contribution is 2.38. The molecule has 0 aromatic carbocycles. The van der Waals surface area contributed by atoms with Crippen molar-refractivity contribution >= 4 is 11.9 Å². The lowest BCUT2D eigenvalue weighted by atomic mass is 9.72. The van der Waals surface area contributed by atoms with E-state index < -0.39 is 10.8 Å². The molecule has 26 heavy (non-hydrogen) atoms. The van der Waals surface area contributed by atoms with E-state index in [9.17, 15) is 9.59 Å². The van der Waals surface area contributed by atoms with Gasteiger partial charge in [-0.1, -0.05) is 20.3 Å². The Morgan fingerprint density at radius 3 is 2.19 bits per heavy atom. The summed E-state index contributed by atoms with van der Waals surface area (Å²) >= 11 is 0. The van der Waals surface area contributed by atoms with Crippen LogP contribution in [0.5, 0.6) is 0 Å². The lowest BCUT2D eigenvalue weighted by Gasteiger charge is -2.33. The normalized spacial score (nSPS) is 16.5. The predicted molar refractivity (Wildman–Crippen MR) is 102 cm³/mol. The Bertz CT molecular complexity index is 504. The minimum Gasteiger partial charge on any atom is -0.469 e. The van der Waals surface area contributed by atoms with Crippen LogP contribution < -0.4 is 0 Å². The van der Waals surface area contributed by atoms with Crippen LogP contribution in [0.3, 0.4) is 0 Å². The number of ether oxygens (including phenoxy) is 2. The van der Waals surface area contributed by atoms with E-state index in [2.05, 4.69) is 22.9 Å². The van der Waals surface area contributed by atoms with Gasteiger partial charge in [-0.05, 0) is 40.0 Å². The van der Waals surface area contributed by atoms with Gasteiger partial charge >= 0.3 is 11.9 Å². The molecule has 1 aliphatic heterocycles. The van der Waals surface area contributed by atoms with Crippen molar-refractivity contribution in [1.29, 1.82) is 0 Å². The van der Waals surface area contributed by atoms with Crippen LogP contribution in [-0.4, -0.2) is 55.2 Å². The van der Waals surface area contributed by atoms with Gasteiger partial charge in [0, 0.05) is 18.9 Å². The molecule has 6 heteroatoms. The Hall–Kier alpha value is -1.72. The second kappa shape index (κ2) is 9.83.